The predicted molar refractivity (Wildman–Crippen MR) is 68.5 cm³/mol. The smallest absolute Gasteiger partial charge is 0.109 e. The van der Waals surface area contributed by atoms with Crippen LogP contribution in [0.4, 0.5) is 0 Å². The van der Waals surface area contributed by atoms with E-state index >= 15 is 0 Å². The van der Waals surface area contributed by atoms with Gasteiger partial charge in [-0.05, 0) is 23.4 Å². The Kier molecular flexibility index (Phi) is 3.06. The van der Waals surface area contributed by atoms with E-state index in [0.717, 1.165) is 17.7 Å². The second-order valence-electron chi connectivity index (χ2n) is 5.15. The van der Waals surface area contributed by atoms with Gasteiger partial charge in [-0.1, -0.05) is 55.6 Å². The van der Waals surface area contributed by atoms with Gasteiger partial charge in [0.05, 0.1) is 4.88 Å². The number of hydrogen-bond acceptors (Lipinski definition) is 3. The highest BCUT2D eigenvalue weighted by Gasteiger charge is 2.17. The van der Waals surface area contributed by atoms with Crippen LogP contribution in [0.1, 0.15) is 25.6 Å². The third kappa shape index (κ3) is 2.67. The number of hydrogen-bond donors (Lipinski definition) is 0. The SMILES string of the molecule is CC(C)(C)Cc1snnc1-c1ccccc1. The van der Waals surface area contributed by atoms with Crippen molar-refractivity contribution in [2.75, 3.05) is 0 Å². The molecule has 0 N–H and O–H groups in total. The summed E-state index contributed by atoms with van der Waals surface area (Å²) in [5.74, 6) is 0. The average Bonchev–Trinajstić information content (AvgIpc) is 2.64. The van der Waals surface area contributed by atoms with Gasteiger partial charge in [0.2, 0.25) is 0 Å². The van der Waals surface area contributed by atoms with Crippen molar-refractivity contribution in [1.29, 1.82) is 0 Å². The first-order valence-corrected chi connectivity index (χ1v) is 6.20. The lowest BCUT2D eigenvalue weighted by Gasteiger charge is -2.16. The summed E-state index contributed by atoms with van der Waals surface area (Å²) in [5, 5.41) is 4.24. The summed E-state index contributed by atoms with van der Waals surface area (Å²) >= 11 is 1.51. The second kappa shape index (κ2) is 4.34. The number of benzene rings is 1. The molecule has 0 unspecified atom stereocenters. The van der Waals surface area contributed by atoms with Crippen LogP contribution in [0.2, 0.25) is 0 Å². The molecule has 1 heterocycles. The minimum Gasteiger partial charge on any atom is -0.138 e. The van der Waals surface area contributed by atoms with Crippen LogP contribution >= 0.6 is 11.5 Å². The highest BCUT2D eigenvalue weighted by molar-refractivity contribution is 7.06. The van der Waals surface area contributed by atoms with Crippen LogP contribution in [0.15, 0.2) is 30.3 Å². The van der Waals surface area contributed by atoms with Crippen LogP contribution < -0.4 is 0 Å². The summed E-state index contributed by atoms with van der Waals surface area (Å²) in [6.45, 7) is 6.71. The van der Waals surface area contributed by atoms with Crippen LogP contribution in [0.3, 0.4) is 0 Å². The van der Waals surface area contributed by atoms with E-state index < -0.39 is 0 Å². The molecule has 0 aliphatic heterocycles. The van der Waals surface area contributed by atoms with Gasteiger partial charge >= 0.3 is 0 Å². The zero-order valence-corrected chi connectivity index (χ0v) is 10.7. The Morgan fingerprint density at radius 1 is 1.12 bits per heavy atom. The third-order valence-corrected chi connectivity index (χ3v) is 3.02. The fraction of sp³-hybridized carbons (Fsp3) is 0.385. The first-order valence-electron chi connectivity index (χ1n) is 5.43. The lowest BCUT2D eigenvalue weighted by atomic mass is 9.90. The van der Waals surface area contributed by atoms with Gasteiger partial charge in [0.1, 0.15) is 5.69 Å². The number of rotatable bonds is 2. The zero-order chi connectivity index (χ0) is 11.6. The van der Waals surface area contributed by atoms with Crippen molar-refractivity contribution in [3.8, 4) is 11.3 Å². The molecule has 0 bridgehead atoms. The molecule has 0 atom stereocenters. The standard InChI is InChI=1S/C13H16N2S/c1-13(2,3)9-11-12(14-15-16-11)10-7-5-4-6-8-10/h4-8H,9H2,1-3H3. The van der Waals surface area contributed by atoms with E-state index in [2.05, 4.69) is 42.5 Å². The van der Waals surface area contributed by atoms with Crippen molar-refractivity contribution in [1.82, 2.24) is 9.59 Å². The summed E-state index contributed by atoms with van der Waals surface area (Å²) in [7, 11) is 0. The first-order chi connectivity index (χ1) is 7.56. The molecule has 84 valence electrons. The van der Waals surface area contributed by atoms with Crippen LogP contribution in [0, 0.1) is 5.41 Å². The minimum atomic E-state index is 0.276. The van der Waals surface area contributed by atoms with Crippen molar-refractivity contribution < 1.29 is 0 Å². The fourth-order valence-electron chi connectivity index (χ4n) is 1.62. The van der Waals surface area contributed by atoms with E-state index in [1.807, 2.05) is 18.2 Å². The molecule has 2 rings (SSSR count). The average molecular weight is 232 g/mol. The molecule has 3 heteroatoms. The van der Waals surface area contributed by atoms with Crippen molar-refractivity contribution in [3.63, 3.8) is 0 Å². The normalized spacial score (nSPS) is 11.7. The minimum absolute atomic E-state index is 0.276. The van der Waals surface area contributed by atoms with Crippen molar-refractivity contribution >= 4 is 11.5 Å². The largest absolute Gasteiger partial charge is 0.138 e. The summed E-state index contributed by atoms with van der Waals surface area (Å²) in [6.07, 6.45) is 1.02. The molecule has 2 aromatic rings. The molecule has 0 spiro atoms. The van der Waals surface area contributed by atoms with Crippen LogP contribution in [0.5, 0.6) is 0 Å². The Morgan fingerprint density at radius 3 is 2.44 bits per heavy atom. The Hall–Kier alpha value is -1.22. The predicted octanol–water partition coefficient (Wildman–Crippen LogP) is 3.79. The molecule has 0 aliphatic carbocycles. The molecule has 1 aromatic heterocycles. The van der Waals surface area contributed by atoms with Gasteiger partial charge in [-0.2, -0.15) is 0 Å². The monoisotopic (exact) mass is 232 g/mol. The van der Waals surface area contributed by atoms with Gasteiger partial charge in [0, 0.05) is 5.56 Å². The molecule has 0 saturated carbocycles. The highest BCUT2D eigenvalue weighted by Crippen LogP contribution is 2.29. The van der Waals surface area contributed by atoms with Crippen LogP contribution in [0.25, 0.3) is 11.3 Å². The number of nitrogens with zero attached hydrogens (tertiary/aromatic N) is 2. The highest BCUT2D eigenvalue weighted by atomic mass is 32.1. The molecular formula is C13H16N2S. The molecule has 2 nitrogen and oxygen atoms in total. The van der Waals surface area contributed by atoms with Crippen molar-refractivity contribution in [2.24, 2.45) is 5.41 Å². The molecular weight excluding hydrogens is 216 g/mol. The maximum Gasteiger partial charge on any atom is 0.109 e. The van der Waals surface area contributed by atoms with Gasteiger partial charge in [-0.15, -0.1) is 5.10 Å². The fourth-order valence-corrected chi connectivity index (χ4v) is 2.59. The van der Waals surface area contributed by atoms with E-state index in [4.69, 9.17) is 0 Å². The zero-order valence-electron chi connectivity index (χ0n) is 9.90. The van der Waals surface area contributed by atoms with Gasteiger partial charge in [0.25, 0.3) is 0 Å². The summed E-state index contributed by atoms with van der Waals surface area (Å²) in [6, 6.07) is 10.3. The molecule has 0 amide bonds. The topological polar surface area (TPSA) is 25.8 Å². The van der Waals surface area contributed by atoms with Crippen LogP contribution in [-0.4, -0.2) is 9.59 Å². The summed E-state index contributed by atoms with van der Waals surface area (Å²) < 4.78 is 4.07. The van der Waals surface area contributed by atoms with Gasteiger partial charge in [0.15, 0.2) is 0 Å². The molecule has 0 radical (unpaired) electrons. The number of aromatic nitrogens is 2. The first kappa shape index (κ1) is 11.3. The molecule has 0 fully saturated rings. The van der Waals surface area contributed by atoms with Crippen molar-refractivity contribution in [3.05, 3.63) is 35.2 Å². The van der Waals surface area contributed by atoms with E-state index in [0.29, 0.717) is 0 Å². The van der Waals surface area contributed by atoms with Crippen LogP contribution in [-0.2, 0) is 6.42 Å². The summed E-state index contributed by atoms with van der Waals surface area (Å²) in [4.78, 5) is 1.28. The van der Waals surface area contributed by atoms with Gasteiger partial charge in [-0.3, -0.25) is 0 Å². The lowest BCUT2D eigenvalue weighted by molar-refractivity contribution is 0.415. The summed E-state index contributed by atoms with van der Waals surface area (Å²) in [5.41, 5.74) is 2.48. The van der Waals surface area contributed by atoms with E-state index in [9.17, 15) is 0 Å². The van der Waals surface area contributed by atoms with E-state index in [-0.39, 0.29) is 5.41 Å². The lowest BCUT2D eigenvalue weighted by Crippen LogP contribution is -2.08. The molecule has 1 aromatic carbocycles. The Bertz CT molecular complexity index is 454. The second-order valence-corrected chi connectivity index (χ2v) is 5.99. The molecule has 0 saturated heterocycles. The Balaban J connectivity index is 2.33. The van der Waals surface area contributed by atoms with E-state index in [1.54, 1.807) is 0 Å². The molecule has 0 aliphatic rings. The van der Waals surface area contributed by atoms with Gasteiger partial charge in [-0.25, -0.2) is 0 Å². The Morgan fingerprint density at radius 2 is 1.81 bits per heavy atom. The maximum absolute atomic E-state index is 4.24. The molecule has 16 heavy (non-hydrogen) atoms. The quantitative estimate of drug-likeness (QED) is 0.787. The van der Waals surface area contributed by atoms with Crippen molar-refractivity contribution in [2.45, 2.75) is 27.2 Å². The van der Waals surface area contributed by atoms with Gasteiger partial charge < -0.3 is 0 Å². The maximum atomic E-state index is 4.24. The third-order valence-electron chi connectivity index (χ3n) is 2.29. The van der Waals surface area contributed by atoms with E-state index in [1.165, 1.54) is 16.4 Å². The Labute approximate surface area is 101 Å².